The van der Waals surface area contributed by atoms with Gasteiger partial charge in [0.05, 0.1) is 18.3 Å². The Hall–Kier alpha value is -2.01. The van der Waals surface area contributed by atoms with Crippen molar-refractivity contribution in [3.05, 3.63) is 59.9 Å². The molecule has 0 aliphatic carbocycles. The molecule has 4 nitrogen and oxygen atoms in total. The van der Waals surface area contributed by atoms with Crippen LogP contribution in [0.25, 0.3) is 0 Å². The quantitative estimate of drug-likeness (QED) is 0.841. The van der Waals surface area contributed by atoms with E-state index < -0.39 is 0 Å². The number of hydrogen-bond acceptors (Lipinski definition) is 5. The minimum atomic E-state index is 0.0165. The molecule has 1 aromatic carbocycles. The molecule has 0 radical (unpaired) electrons. The van der Waals surface area contributed by atoms with Crippen LogP contribution in [0.2, 0.25) is 0 Å². The number of fused-ring (bicyclic) bond motifs is 1. The summed E-state index contributed by atoms with van der Waals surface area (Å²) in [6, 6.07) is 14.6. The molecule has 0 bridgehead atoms. The minimum Gasteiger partial charge on any atom is -0.494 e. The number of aliphatic imine (C=N–C) groups is 1. The number of ether oxygens (including phenoxy) is 1. The second-order valence-electron chi connectivity index (χ2n) is 6.11. The summed E-state index contributed by atoms with van der Waals surface area (Å²) in [5.74, 6) is 0.951. The van der Waals surface area contributed by atoms with Crippen molar-refractivity contribution in [1.29, 1.82) is 0 Å². The number of para-hydroxylation sites is 1. The first-order valence-corrected chi connectivity index (χ1v) is 9.29. The number of benzene rings is 1. The summed E-state index contributed by atoms with van der Waals surface area (Å²) in [7, 11) is 0. The van der Waals surface area contributed by atoms with Crippen molar-refractivity contribution in [2.24, 2.45) is 4.99 Å². The van der Waals surface area contributed by atoms with Gasteiger partial charge < -0.3 is 9.64 Å². The number of rotatable bonds is 4. The molecule has 0 spiro atoms. The van der Waals surface area contributed by atoms with Crippen LogP contribution in [0.3, 0.4) is 0 Å². The lowest BCUT2D eigenvalue weighted by Gasteiger charge is -2.28. The fourth-order valence-electron chi connectivity index (χ4n) is 3.47. The molecule has 124 valence electrons. The molecule has 3 atom stereocenters. The summed E-state index contributed by atoms with van der Waals surface area (Å²) in [4.78, 5) is 12.0. The van der Waals surface area contributed by atoms with Crippen LogP contribution >= 0.6 is 11.8 Å². The van der Waals surface area contributed by atoms with Crippen LogP contribution in [0.1, 0.15) is 37.2 Å². The van der Waals surface area contributed by atoms with E-state index in [2.05, 4.69) is 41.1 Å². The number of pyridine rings is 1. The fourth-order valence-corrected chi connectivity index (χ4v) is 4.56. The predicted molar refractivity (Wildman–Crippen MR) is 98.5 cm³/mol. The van der Waals surface area contributed by atoms with Crippen molar-refractivity contribution in [2.45, 2.75) is 31.2 Å². The first-order chi connectivity index (χ1) is 11.8. The lowest BCUT2D eigenvalue weighted by molar-refractivity contribution is 0.292. The van der Waals surface area contributed by atoms with Gasteiger partial charge in [0, 0.05) is 23.6 Å². The second-order valence-corrected chi connectivity index (χ2v) is 7.51. The Morgan fingerprint density at radius 2 is 2.04 bits per heavy atom. The molecule has 0 N–H and O–H groups in total. The van der Waals surface area contributed by atoms with Gasteiger partial charge in [0.15, 0.2) is 5.17 Å². The predicted octanol–water partition coefficient (Wildman–Crippen LogP) is 4.07. The second kappa shape index (κ2) is 6.48. The Bertz CT molecular complexity index is 749. The molecule has 0 unspecified atom stereocenters. The summed E-state index contributed by atoms with van der Waals surface area (Å²) in [5.41, 5.74) is 2.22. The first-order valence-electron chi connectivity index (χ1n) is 8.41. The van der Waals surface area contributed by atoms with E-state index in [9.17, 15) is 0 Å². The van der Waals surface area contributed by atoms with E-state index >= 15 is 0 Å². The lowest BCUT2D eigenvalue weighted by Crippen LogP contribution is -2.29. The maximum Gasteiger partial charge on any atom is 0.160 e. The molecule has 2 aliphatic rings. The summed E-state index contributed by atoms with van der Waals surface area (Å²) >= 11 is 1.86. The van der Waals surface area contributed by atoms with Crippen LogP contribution in [-0.2, 0) is 0 Å². The maximum absolute atomic E-state index is 5.90. The van der Waals surface area contributed by atoms with Crippen molar-refractivity contribution in [3.8, 4) is 5.75 Å². The van der Waals surface area contributed by atoms with Crippen LogP contribution in [0.5, 0.6) is 5.75 Å². The summed E-state index contributed by atoms with van der Waals surface area (Å²) < 4.78 is 5.90. The Kier molecular flexibility index (Phi) is 4.19. The SMILES string of the molecule is CCOc1ccccc1[C@H]1[C@@H](c2ccccn2)N=C2S[C@@H](C)CN21. The smallest absolute Gasteiger partial charge is 0.160 e. The molecule has 3 heterocycles. The Balaban J connectivity index is 1.79. The Labute approximate surface area is 147 Å². The van der Waals surface area contributed by atoms with Gasteiger partial charge in [0.2, 0.25) is 0 Å². The summed E-state index contributed by atoms with van der Waals surface area (Å²) in [6.07, 6.45) is 1.85. The van der Waals surface area contributed by atoms with E-state index in [1.54, 1.807) is 0 Å². The van der Waals surface area contributed by atoms with Gasteiger partial charge in [-0.2, -0.15) is 0 Å². The third-order valence-corrected chi connectivity index (χ3v) is 5.52. The van der Waals surface area contributed by atoms with Gasteiger partial charge >= 0.3 is 0 Å². The average Bonchev–Trinajstić information content (AvgIpc) is 3.12. The molecule has 2 aromatic rings. The molecule has 0 amide bonds. The highest BCUT2D eigenvalue weighted by atomic mass is 32.2. The van der Waals surface area contributed by atoms with Gasteiger partial charge in [-0.15, -0.1) is 0 Å². The maximum atomic E-state index is 5.90. The molecule has 5 heteroatoms. The summed E-state index contributed by atoms with van der Waals surface area (Å²) in [6.45, 7) is 5.96. The number of thioether (sulfide) groups is 1. The molecule has 1 aromatic heterocycles. The van der Waals surface area contributed by atoms with Gasteiger partial charge in [-0.05, 0) is 25.1 Å². The number of aromatic nitrogens is 1. The van der Waals surface area contributed by atoms with E-state index in [1.165, 1.54) is 5.56 Å². The monoisotopic (exact) mass is 339 g/mol. The van der Waals surface area contributed by atoms with Crippen LogP contribution in [0, 0.1) is 0 Å². The number of nitrogens with zero attached hydrogens (tertiary/aromatic N) is 3. The van der Waals surface area contributed by atoms with Crippen LogP contribution in [0.4, 0.5) is 0 Å². The first kappa shape index (κ1) is 15.5. The van der Waals surface area contributed by atoms with E-state index in [0.29, 0.717) is 11.9 Å². The highest BCUT2D eigenvalue weighted by Crippen LogP contribution is 2.49. The van der Waals surface area contributed by atoms with Gasteiger partial charge in [-0.1, -0.05) is 43.0 Å². The van der Waals surface area contributed by atoms with Crippen LogP contribution in [0.15, 0.2) is 53.7 Å². The molecule has 0 saturated carbocycles. The van der Waals surface area contributed by atoms with Gasteiger partial charge in [0.1, 0.15) is 11.8 Å². The van der Waals surface area contributed by atoms with E-state index in [0.717, 1.165) is 23.2 Å². The molecule has 1 fully saturated rings. The van der Waals surface area contributed by atoms with Crippen LogP contribution in [-0.4, -0.2) is 33.5 Å². The molecule has 24 heavy (non-hydrogen) atoms. The van der Waals surface area contributed by atoms with Crippen LogP contribution < -0.4 is 4.74 Å². The van der Waals surface area contributed by atoms with Gasteiger partial charge in [-0.25, -0.2) is 0 Å². The zero-order chi connectivity index (χ0) is 16.5. The van der Waals surface area contributed by atoms with Crippen molar-refractivity contribution < 1.29 is 4.74 Å². The zero-order valence-electron chi connectivity index (χ0n) is 13.9. The van der Waals surface area contributed by atoms with Gasteiger partial charge in [-0.3, -0.25) is 9.98 Å². The highest BCUT2D eigenvalue weighted by Gasteiger charge is 2.44. The van der Waals surface area contributed by atoms with Crippen molar-refractivity contribution >= 4 is 16.9 Å². The zero-order valence-corrected chi connectivity index (χ0v) is 14.7. The molecular weight excluding hydrogens is 318 g/mol. The Morgan fingerprint density at radius 1 is 1.21 bits per heavy atom. The van der Waals surface area contributed by atoms with E-state index in [1.807, 2.05) is 43.1 Å². The highest BCUT2D eigenvalue weighted by molar-refractivity contribution is 8.14. The van der Waals surface area contributed by atoms with E-state index in [4.69, 9.17) is 9.73 Å². The fraction of sp³-hybridized carbons (Fsp3) is 0.368. The van der Waals surface area contributed by atoms with Crippen molar-refractivity contribution in [2.75, 3.05) is 13.2 Å². The van der Waals surface area contributed by atoms with Crippen molar-refractivity contribution in [3.63, 3.8) is 0 Å². The Morgan fingerprint density at radius 3 is 2.83 bits per heavy atom. The topological polar surface area (TPSA) is 37.7 Å². The molecule has 4 rings (SSSR count). The third-order valence-electron chi connectivity index (χ3n) is 4.42. The minimum absolute atomic E-state index is 0.0165. The van der Waals surface area contributed by atoms with Gasteiger partial charge in [0.25, 0.3) is 0 Å². The van der Waals surface area contributed by atoms with E-state index in [-0.39, 0.29) is 12.1 Å². The third kappa shape index (κ3) is 2.67. The average molecular weight is 339 g/mol. The standard InChI is InChI=1S/C19H21N3OS/c1-3-23-16-10-5-4-8-14(16)18-17(15-9-6-7-11-20-15)21-19-22(18)12-13(2)24-19/h4-11,13,17-18H,3,12H2,1-2H3/t13-,17+,18-/m0/s1. The number of hydrogen-bond donors (Lipinski definition) is 0. The normalized spacial score (nSPS) is 25.5. The molecular formula is C19H21N3OS. The summed E-state index contributed by atoms with van der Waals surface area (Å²) in [5, 5.41) is 1.70. The number of amidine groups is 1. The lowest BCUT2D eigenvalue weighted by atomic mass is 9.95. The largest absolute Gasteiger partial charge is 0.494 e. The van der Waals surface area contributed by atoms with Crippen molar-refractivity contribution in [1.82, 2.24) is 9.88 Å². The molecule has 1 saturated heterocycles. The molecule has 2 aliphatic heterocycles.